The van der Waals surface area contributed by atoms with Gasteiger partial charge in [-0.1, -0.05) is 0 Å². The van der Waals surface area contributed by atoms with Crippen LogP contribution >= 0.6 is 0 Å². The fraction of sp³-hybridized carbons (Fsp3) is 0.846. The second-order valence-electron chi connectivity index (χ2n) is 6.48. The second-order valence-corrected chi connectivity index (χ2v) is 8.44. The Bertz CT molecular complexity index is 549. The molecule has 1 saturated carbocycles. The first-order valence-corrected chi connectivity index (χ1v) is 8.77. The molecule has 0 bridgehead atoms. The Balaban J connectivity index is 2.05. The lowest BCUT2D eigenvalue weighted by atomic mass is 10.2. The van der Waals surface area contributed by atoms with Crippen molar-refractivity contribution in [2.75, 3.05) is 19.8 Å². The number of sulfonamides is 1. The van der Waals surface area contributed by atoms with Crippen molar-refractivity contribution >= 4 is 22.0 Å². The van der Waals surface area contributed by atoms with Gasteiger partial charge in [0.2, 0.25) is 10.0 Å². The average Bonchev–Trinajstić information content (AvgIpc) is 3.20. The van der Waals surface area contributed by atoms with E-state index in [1.54, 1.807) is 20.8 Å². The van der Waals surface area contributed by atoms with Gasteiger partial charge < -0.3 is 9.47 Å². The fourth-order valence-electron chi connectivity index (χ4n) is 2.03. The van der Waals surface area contributed by atoms with E-state index in [1.165, 1.54) is 4.90 Å². The van der Waals surface area contributed by atoms with Gasteiger partial charge in [0.25, 0.3) is 5.91 Å². The van der Waals surface area contributed by atoms with Gasteiger partial charge in [-0.2, -0.15) is 0 Å². The molecular weight excluding hydrogens is 312 g/mol. The fourth-order valence-corrected chi connectivity index (χ4v) is 3.37. The summed E-state index contributed by atoms with van der Waals surface area (Å²) < 4.78 is 36.2. The molecule has 2 amide bonds. The highest BCUT2D eigenvalue weighted by Crippen LogP contribution is 2.27. The molecule has 2 aliphatic rings. The molecule has 0 unspecified atom stereocenters. The molecule has 1 aliphatic carbocycles. The summed E-state index contributed by atoms with van der Waals surface area (Å²) >= 11 is 0. The van der Waals surface area contributed by atoms with Crippen LogP contribution in [0.5, 0.6) is 0 Å². The SMILES string of the molecule is CC(C)(C)OC(=O)N1CCOC[C@H]1C(=O)NS(=O)(=O)C1CC1. The normalized spacial score (nSPS) is 23.0. The maximum Gasteiger partial charge on any atom is 0.411 e. The Hall–Kier alpha value is -1.35. The highest BCUT2D eigenvalue weighted by atomic mass is 32.2. The summed E-state index contributed by atoms with van der Waals surface area (Å²) in [7, 11) is -3.65. The van der Waals surface area contributed by atoms with Crippen molar-refractivity contribution in [1.82, 2.24) is 9.62 Å². The van der Waals surface area contributed by atoms with E-state index in [0.29, 0.717) is 12.8 Å². The van der Waals surface area contributed by atoms with E-state index in [9.17, 15) is 18.0 Å². The highest BCUT2D eigenvalue weighted by Gasteiger charge is 2.41. The summed E-state index contributed by atoms with van der Waals surface area (Å²) in [4.78, 5) is 25.6. The standard InChI is InChI=1S/C13H22N2O6S/c1-13(2,3)21-12(17)15-6-7-20-8-10(15)11(16)14-22(18,19)9-4-5-9/h9-10H,4-8H2,1-3H3,(H,14,16)/t10-/m0/s1. The number of hydrogen-bond donors (Lipinski definition) is 1. The third-order valence-electron chi connectivity index (χ3n) is 3.27. The number of carbonyl (C=O) groups is 2. The number of nitrogens with one attached hydrogen (secondary N) is 1. The minimum atomic E-state index is -3.65. The van der Waals surface area contributed by atoms with Crippen LogP contribution in [0.15, 0.2) is 0 Å². The summed E-state index contributed by atoms with van der Waals surface area (Å²) in [6.07, 6.45) is 0.457. The van der Waals surface area contributed by atoms with Gasteiger partial charge in [-0.05, 0) is 33.6 Å². The zero-order chi connectivity index (χ0) is 16.5. The van der Waals surface area contributed by atoms with Crippen LogP contribution in [0.4, 0.5) is 4.79 Å². The van der Waals surface area contributed by atoms with Crippen LogP contribution in [0.1, 0.15) is 33.6 Å². The van der Waals surface area contributed by atoms with Crippen molar-refractivity contribution in [3.63, 3.8) is 0 Å². The van der Waals surface area contributed by atoms with Crippen LogP contribution < -0.4 is 4.72 Å². The van der Waals surface area contributed by atoms with Crippen molar-refractivity contribution in [3.05, 3.63) is 0 Å². The number of carbonyl (C=O) groups excluding carboxylic acids is 2. The highest BCUT2D eigenvalue weighted by molar-refractivity contribution is 7.90. The van der Waals surface area contributed by atoms with Crippen LogP contribution in [-0.2, 0) is 24.3 Å². The first-order valence-electron chi connectivity index (χ1n) is 7.23. The van der Waals surface area contributed by atoms with Gasteiger partial charge in [0, 0.05) is 6.54 Å². The molecule has 1 saturated heterocycles. The molecule has 0 aromatic heterocycles. The molecule has 0 aromatic carbocycles. The van der Waals surface area contributed by atoms with E-state index < -0.39 is 38.9 Å². The summed E-state index contributed by atoms with van der Waals surface area (Å²) in [6.45, 7) is 5.56. The third-order valence-corrected chi connectivity index (χ3v) is 5.10. The Labute approximate surface area is 130 Å². The van der Waals surface area contributed by atoms with Crippen LogP contribution in [0.3, 0.4) is 0 Å². The Morgan fingerprint density at radius 2 is 1.91 bits per heavy atom. The Kier molecular flexibility index (Phi) is 4.67. The van der Waals surface area contributed by atoms with E-state index in [0.717, 1.165) is 0 Å². The quantitative estimate of drug-likeness (QED) is 0.793. The van der Waals surface area contributed by atoms with Crippen molar-refractivity contribution in [1.29, 1.82) is 0 Å². The van der Waals surface area contributed by atoms with Crippen LogP contribution in [-0.4, -0.2) is 62.0 Å². The van der Waals surface area contributed by atoms with Crippen LogP contribution in [0.2, 0.25) is 0 Å². The molecule has 1 heterocycles. The van der Waals surface area contributed by atoms with E-state index in [-0.39, 0.29) is 19.8 Å². The van der Waals surface area contributed by atoms with Gasteiger partial charge in [0.1, 0.15) is 11.6 Å². The van der Waals surface area contributed by atoms with Gasteiger partial charge >= 0.3 is 6.09 Å². The Morgan fingerprint density at radius 3 is 2.45 bits per heavy atom. The Morgan fingerprint density at radius 1 is 1.27 bits per heavy atom. The molecule has 1 aliphatic heterocycles. The molecule has 9 heteroatoms. The molecular formula is C13H22N2O6S. The molecule has 0 radical (unpaired) electrons. The van der Waals surface area contributed by atoms with E-state index in [1.807, 2.05) is 4.72 Å². The van der Waals surface area contributed by atoms with E-state index >= 15 is 0 Å². The molecule has 1 N–H and O–H groups in total. The average molecular weight is 334 g/mol. The minimum Gasteiger partial charge on any atom is -0.444 e. The summed E-state index contributed by atoms with van der Waals surface area (Å²) in [6, 6.07) is -1.00. The third kappa shape index (κ3) is 4.33. The second kappa shape index (κ2) is 6.04. The van der Waals surface area contributed by atoms with Gasteiger partial charge in [0.15, 0.2) is 0 Å². The lowest BCUT2D eigenvalue weighted by molar-refractivity contribution is -0.130. The monoisotopic (exact) mass is 334 g/mol. The summed E-state index contributed by atoms with van der Waals surface area (Å²) in [5, 5.41) is -0.504. The number of amides is 2. The maximum atomic E-state index is 12.2. The zero-order valence-electron chi connectivity index (χ0n) is 13.0. The van der Waals surface area contributed by atoms with Crippen LogP contribution in [0, 0.1) is 0 Å². The molecule has 8 nitrogen and oxygen atoms in total. The molecule has 0 spiro atoms. The molecule has 0 aromatic rings. The predicted molar refractivity (Wildman–Crippen MR) is 77.6 cm³/mol. The maximum absolute atomic E-state index is 12.2. The van der Waals surface area contributed by atoms with E-state index in [2.05, 4.69) is 0 Å². The minimum absolute atomic E-state index is 0.0503. The molecule has 1 atom stereocenters. The van der Waals surface area contributed by atoms with Crippen molar-refractivity contribution in [2.45, 2.75) is 50.5 Å². The van der Waals surface area contributed by atoms with Gasteiger partial charge in [-0.3, -0.25) is 14.4 Å². The topological polar surface area (TPSA) is 102 Å². The molecule has 2 fully saturated rings. The first-order chi connectivity index (χ1) is 10.1. The van der Waals surface area contributed by atoms with Gasteiger partial charge in [-0.15, -0.1) is 0 Å². The van der Waals surface area contributed by atoms with Crippen molar-refractivity contribution in [3.8, 4) is 0 Å². The molecule has 126 valence electrons. The van der Waals surface area contributed by atoms with Crippen molar-refractivity contribution in [2.24, 2.45) is 0 Å². The van der Waals surface area contributed by atoms with Crippen molar-refractivity contribution < 1.29 is 27.5 Å². The zero-order valence-corrected chi connectivity index (χ0v) is 13.8. The van der Waals surface area contributed by atoms with Crippen LogP contribution in [0.25, 0.3) is 0 Å². The lowest BCUT2D eigenvalue weighted by Gasteiger charge is -2.35. The molecule has 2 rings (SSSR count). The number of morpholine rings is 1. The van der Waals surface area contributed by atoms with E-state index in [4.69, 9.17) is 9.47 Å². The first kappa shape index (κ1) is 17.0. The number of ether oxygens (including phenoxy) is 2. The largest absolute Gasteiger partial charge is 0.444 e. The summed E-state index contributed by atoms with van der Waals surface area (Å²) in [5.41, 5.74) is -0.698. The number of hydrogen-bond acceptors (Lipinski definition) is 6. The number of nitrogens with zero attached hydrogens (tertiary/aromatic N) is 1. The number of rotatable bonds is 3. The van der Waals surface area contributed by atoms with Gasteiger partial charge in [-0.25, -0.2) is 13.2 Å². The van der Waals surface area contributed by atoms with Gasteiger partial charge in [0.05, 0.1) is 18.5 Å². The molecule has 22 heavy (non-hydrogen) atoms. The smallest absolute Gasteiger partial charge is 0.411 e. The predicted octanol–water partition coefficient (Wildman–Crippen LogP) is 0.231. The lowest BCUT2D eigenvalue weighted by Crippen LogP contribution is -2.57. The summed E-state index contributed by atoms with van der Waals surface area (Å²) in [5.74, 6) is -0.752.